The van der Waals surface area contributed by atoms with Gasteiger partial charge in [-0.25, -0.2) is 4.39 Å². The predicted molar refractivity (Wildman–Crippen MR) is 81.8 cm³/mol. The lowest BCUT2D eigenvalue weighted by Gasteiger charge is -2.08. The zero-order valence-electron chi connectivity index (χ0n) is 11.3. The van der Waals surface area contributed by atoms with Crippen LogP contribution in [0.5, 0.6) is 0 Å². The van der Waals surface area contributed by atoms with Gasteiger partial charge in [-0.2, -0.15) is 0 Å². The van der Waals surface area contributed by atoms with Gasteiger partial charge in [-0.05, 0) is 23.3 Å². The summed E-state index contributed by atoms with van der Waals surface area (Å²) in [7, 11) is 1.68. The van der Waals surface area contributed by atoms with Crippen LogP contribution in [0.3, 0.4) is 0 Å². The Balaban J connectivity index is 1.90. The second-order valence-corrected chi connectivity index (χ2v) is 5.51. The van der Waals surface area contributed by atoms with Crippen LogP contribution in [-0.2, 0) is 24.4 Å². The normalized spacial score (nSPS) is 10.8. The topological polar surface area (TPSA) is 21.3 Å². The number of ether oxygens (including phenoxy) is 1. The lowest BCUT2D eigenvalue weighted by Crippen LogP contribution is -2.13. The van der Waals surface area contributed by atoms with Gasteiger partial charge >= 0.3 is 0 Å². The van der Waals surface area contributed by atoms with E-state index in [2.05, 4.69) is 27.3 Å². The molecule has 106 valence electrons. The van der Waals surface area contributed by atoms with Crippen LogP contribution in [0.15, 0.2) is 46.9 Å². The third-order valence-electron chi connectivity index (χ3n) is 2.96. The summed E-state index contributed by atoms with van der Waals surface area (Å²) in [5, 5.41) is 3.25. The lowest BCUT2D eigenvalue weighted by atomic mass is 10.1. The van der Waals surface area contributed by atoms with E-state index in [1.165, 1.54) is 6.07 Å². The molecule has 0 radical (unpaired) electrons. The largest absolute Gasteiger partial charge is 0.380 e. The Labute approximate surface area is 127 Å². The van der Waals surface area contributed by atoms with Crippen molar-refractivity contribution in [3.05, 3.63) is 69.4 Å². The van der Waals surface area contributed by atoms with Gasteiger partial charge in [0.1, 0.15) is 5.82 Å². The lowest BCUT2D eigenvalue weighted by molar-refractivity contribution is 0.185. The Bertz CT molecular complexity index is 574. The average Bonchev–Trinajstić information content (AvgIpc) is 2.42. The molecule has 20 heavy (non-hydrogen) atoms. The monoisotopic (exact) mass is 337 g/mol. The molecule has 0 atom stereocenters. The van der Waals surface area contributed by atoms with E-state index in [1.807, 2.05) is 24.3 Å². The maximum absolute atomic E-state index is 13.7. The smallest absolute Gasteiger partial charge is 0.128 e. The van der Waals surface area contributed by atoms with Crippen molar-refractivity contribution in [2.75, 3.05) is 7.11 Å². The van der Waals surface area contributed by atoms with Crippen LogP contribution in [0.25, 0.3) is 0 Å². The zero-order chi connectivity index (χ0) is 14.4. The summed E-state index contributed by atoms with van der Waals surface area (Å²) in [5.41, 5.74) is 2.97. The van der Waals surface area contributed by atoms with Gasteiger partial charge in [0, 0.05) is 30.2 Å². The second-order valence-electron chi connectivity index (χ2n) is 4.59. The Kier molecular flexibility index (Phi) is 5.71. The molecule has 0 unspecified atom stereocenters. The number of rotatable bonds is 6. The molecule has 0 saturated carbocycles. The molecule has 0 fully saturated rings. The van der Waals surface area contributed by atoms with Crippen LogP contribution >= 0.6 is 15.9 Å². The number of halogens is 2. The van der Waals surface area contributed by atoms with E-state index in [0.717, 1.165) is 15.6 Å². The first-order valence-electron chi connectivity index (χ1n) is 6.40. The Morgan fingerprint density at radius 1 is 1.10 bits per heavy atom. The van der Waals surface area contributed by atoms with Crippen molar-refractivity contribution in [1.29, 1.82) is 0 Å². The molecule has 2 rings (SSSR count). The standard InChI is InChI=1S/C16H17BrFNO/c1-20-11-13-4-2-3-12(7-13)9-19-10-14-5-6-15(17)8-16(14)18/h2-8,19H,9-11H2,1H3. The summed E-state index contributed by atoms with van der Waals surface area (Å²) in [4.78, 5) is 0. The number of benzene rings is 2. The molecular formula is C16H17BrFNO. The van der Waals surface area contributed by atoms with Crippen LogP contribution in [0.2, 0.25) is 0 Å². The van der Waals surface area contributed by atoms with E-state index < -0.39 is 0 Å². The first kappa shape index (κ1) is 15.2. The van der Waals surface area contributed by atoms with Crippen molar-refractivity contribution in [2.45, 2.75) is 19.7 Å². The molecule has 0 aliphatic rings. The van der Waals surface area contributed by atoms with E-state index in [0.29, 0.717) is 25.3 Å². The summed E-state index contributed by atoms with van der Waals surface area (Å²) in [6, 6.07) is 13.3. The van der Waals surface area contributed by atoms with Gasteiger partial charge in [-0.1, -0.05) is 46.3 Å². The van der Waals surface area contributed by atoms with Gasteiger partial charge in [-0.15, -0.1) is 0 Å². The minimum atomic E-state index is -0.194. The molecule has 2 nitrogen and oxygen atoms in total. The summed E-state index contributed by atoms with van der Waals surface area (Å²) < 4.78 is 19.5. The SMILES string of the molecule is COCc1cccc(CNCc2ccc(Br)cc2F)c1. The fourth-order valence-electron chi connectivity index (χ4n) is 2.00. The highest BCUT2D eigenvalue weighted by Gasteiger charge is 2.02. The Hall–Kier alpha value is -1.23. The maximum Gasteiger partial charge on any atom is 0.128 e. The molecule has 0 heterocycles. The third kappa shape index (κ3) is 4.40. The van der Waals surface area contributed by atoms with Gasteiger partial charge in [-0.3, -0.25) is 0 Å². The van der Waals surface area contributed by atoms with Gasteiger partial charge in [0.2, 0.25) is 0 Å². The molecule has 0 aliphatic heterocycles. The highest BCUT2D eigenvalue weighted by atomic mass is 79.9. The molecule has 0 bridgehead atoms. The highest BCUT2D eigenvalue weighted by Crippen LogP contribution is 2.15. The van der Waals surface area contributed by atoms with Crippen LogP contribution in [0.1, 0.15) is 16.7 Å². The van der Waals surface area contributed by atoms with Crippen molar-refractivity contribution in [3.8, 4) is 0 Å². The van der Waals surface area contributed by atoms with Crippen molar-refractivity contribution in [1.82, 2.24) is 5.32 Å². The van der Waals surface area contributed by atoms with Crippen molar-refractivity contribution in [2.24, 2.45) is 0 Å². The maximum atomic E-state index is 13.7. The van der Waals surface area contributed by atoms with Crippen LogP contribution in [-0.4, -0.2) is 7.11 Å². The molecule has 0 saturated heterocycles. The summed E-state index contributed by atoms with van der Waals surface area (Å²) >= 11 is 3.25. The number of methoxy groups -OCH3 is 1. The Morgan fingerprint density at radius 3 is 2.65 bits per heavy atom. The van der Waals surface area contributed by atoms with E-state index >= 15 is 0 Å². The third-order valence-corrected chi connectivity index (χ3v) is 3.46. The summed E-state index contributed by atoms with van der Waals surface area (Å²) in [6.45, 7) is 1.82. The van der Waals surface area contributed by atoms with Gasteiger partial charge in [0.15, 0.2) is 0 Å². The number of hydrogen-bond donors (Lipinski definition) is 1. The van der Waals surface area contributed by atoms with E-state index in [-0.39, 0.29) is 5.82 Å². The molecule has 0 aromatic heterocycles. The summed E-state index contributed by atoms with van der Waals surface area (Å²) in [5.74, 6) is -0.194. The van der Waals surface area contributed by atoms with E-state index in [1.54, 1.807) is 13.2 Å². The first-order chi connectivity index (χ1) is 9.69. The molecule has 4 heteroatoms. The molecule has 0 spiro atoms. The van der Waals surface area contributed by atoms with Crippen LogP contribution < -0.4 is 5.32 Å². The minimum absolute atomic E-state index is 0.194. The summed E-state index contributed by atoms with van der Waals surface area (Å²) in [6.07, 6.45) is 0. The van der Waals surface area contributed by atoms with Gasteiger partial charge in [0.25, 0.3) is 0 Å². The first-order valence-corrected chi connectivity index (χ1v) is 7.20. The second kappa shape index (κ2) is 7.53. The van der Waals surface area contributed by atoms with Gasteiger partial charge < -0.3 is 10.1 Å². The molecule has 2 aromatic carbocycles. The molecule has 1 N–H and O–H groups in total. The van der Waals surface area contributed by atoms with E-state index in [4.69, 9.17) is 4.74 Å². The zero-order valence-corrected chi connectivity index (χ0v) is 12.9. The van der Waals surface area contributed by atoms with Crippen LogP contribution in [0.4, 0.5) is 4.39 Å². The highest BCUT2D eigenvalue weighted by molar-refractivity contribution is 9.10. The fourth-order valence-corrected chi connectivity index (χ4v) is 2.34. The average molecular weight is 338 g/mol. The predicted octanol–water partition coefficient (Wildman–Crippen LogP) is 4.02. The van der Waals surface area contributed by atoms with Crippen molar-refractivity contribution in [3.63, 3.8) is 0 Å². The van der Waals surface area contributed by atoms with Crippen LogP contribution in [0, 0.1) is 5.82 Å². The number of hydrogen-bond acceptors (Lipinski definition) is 2. The quantitative estimate of drug-likeness (QED) is 0.859. The van der Waals surface area contributed by atoms with E-state index in [9.17, 15) is 4.39 Å². The Morgan fingerprint density at radius 2 is 1.90 bits per heavy atom. The molecule has 0 aliphatic carbocycles. The fraction of sp³-hybridized carbons (Fsp3) is 0.250. The van der Waals surface area contributed by atoms with Crippen molar-refractivity contribution < 1.29 is 9.13 Å². The number of nitrogens with one attached hydrogen (secondary N) is 1. The minimum Gasteiger partial charge on any atom is -0.380 e. The van der Waals surface area contributed by atoms with Crippen molar-refractivity contribution >= 4 is 15.9 Å². The van der Waals surface area contributed by atoms with Gasteiger partial charge in [0.05, 0.1) is 6.61 Å². The molecule has 2 aromatic rings. The molecular weight excluding hydrogens is 321 g/mol. The molecule has 0 amide bonds.